The molecule has 2 aliphatic heterocycles. The Morgan fingerprint density at radius 1 is 0.506 bits per heavy atom. The normalized spacial score (nSPS) is 16.8. The number of para-hydroxylation sites is 3. The Bertz CT molecular complexity index is 3460. The van der Waals surface area contributed by atoms with Crippen LogP contribution in [-0.2, 0) is 21.0 Å². The number of ketones is 1. The Kier molecular flexibility index (Phi) is 21.0. The summed E-state index contributed by atoms with van der Waals surface area (Å²) in [5.74, 6) is 1.85. The number of nitrogens with zero attached hydrogens (tertiary/aromatic N) is 2. The average Bonchev–Trinajstić information content (AvgIpc) is 2.66. The molecule has 0 bridgehead atoms. The molecule has 6 aromatic carbocycles. The lowest BCUT2D eigenvalue weighted by Crippen LogP contribution is -2.32. The van der Waals surface area contributed by atoms with Crippen molar-refractivity contribution < 1.29 is 24.0 Å². The van der Waals surface area contributed by atoms with Crippen LogP contribution in [-0.4, -0.2) is 47.5 Å². The number of ether oxygens (including phenoxy) is 2. The van der Waals surface area contributed by atoms with Crippen LogP contribution in [0.15, 0.2) is 168 Å². The van der Waals surface area contributed by atoms with Gasteiger partial charge in [0.1, 0.15) is 23.8 Å². The lowest BCUT2D eigenvalue weighted by atomic mass is 9.70. The molecule has 6 nitrogen and oxygen atoms in total. The topological polar surface area (TPSA) is 62.0 Å². The standard InChI is InChI=1S/C81H100N2O4/c1-9-11-13-15-17-30-46-81(47-31-18-16-14-12-10-2)71-54-59(3)42-44-65(71)66-45-43-61(56-72(66)81)62-52-60(4)53-64(55-62)87-51-35-22-20-33-49-83-74-41-29-27-39-70(74)80(7,8)76(83)58-68-77(84)67(78(68)85)57-75-79(5,6)69-38-26-28-40-73(69)82(75)48-32-19-21-34-50-86-63-36-24-23-25-37-63/h23-29,36-45,52-58H,9-22,30-35,46-51H2,1-8H3/p+1. The van der Waals surface area contributed by atoms with E-state index >= 15 is 0 Å². The summed E-state index contributed by atoms with van der Waals surface area (Å²) < 4.78 is 15.0. The quantitative estimate of drug-likeness (QED) is 0.0253. The molecule has 6 heteroatoms. The van der Waals surface area contributed by atoms with Gasteiger partial charge in [0.15, 0.2) is 5.71 Å². The van der Waals surface area contributed by atoms with Crippen LogP contribution >= 0.6 is 0 Å². The number of aliphatic hydroxyl groups is 1. The van der Waals surface area contributed by atoms with E-state index < -0.39 is 0 Å². The summed E-state index contributed by atoms with van der Waals surface area (Å²) in [6.45, 7) is 21.1. The molecule has 0 aromatic heterocycles. The number of fused-ring (bicyclic) bond motifs is 5. The fourth-order valence-corrected chi connectivity index (χ4v) is 14.9. The maximum atomic E-state index is 14.4. The number of aryl methyl sites for hydroxylation is 2. The lowest BCUT2D eigenvalue weighted by Gasteiger charge is -2.33. The zero-order valence-corrected chi connectivity index (χ0v) is 54.3. The monoisotopic (exact) mass is 1170 g/mol. The van der Waals surface area contributed by atoms with Crippen molar-refractivity contribution in [3.05, 3.63) is 202 Å². The van der Waals surface area contributed by atoms with E-state index in [0.717, 1.165) is 87.4 Å². The third-order valence-corrected chi connectivity index (χ3v) is 19.8. The fraction of sp³-hybridized carbons (Fsp3) is 0.457. The van der Waals surface area contributed by atoms with Gasteiger partial charge in [-0.1, -0.05) is 214 Å². The van der Waals surface area contributed by atoms with E-state index in [1.807, 2.05) is 42.5 Å². The smallest absolute Gasteiger partial charge is 0.209 e. The minimum atomic E-state index is -0.355. The van der Waals surface area contributed by atoms with E-state index in [1.165, 1.54) is 146 Å². The van der Waals surface area contributed by atoms with Gasteiger partial charge < -0.3 is 19.5 Å². The molecular weight excluding hydrogens is 1060 g/mol. The Morgan fingerprint density at radius 2 is 1.09 bits per heavy atom. The Morgan fingerprint density at radius 3 is 1.79 bits per heavy atom. The lowest BCUT2D eigenvalue weighted by molar-refractivity contribution is -0.438. The highest BCUT2D eigenvalue weighted by Gasteiger charge is 2.48. The van der Waals surface area contributed by atoms with Crippen molar-refractivity contribution in [1.29, 1.82) is 0 Å². The van der Waals surface area contributed by atoms with Crippen LogP contribution in [0.2, 0.25) is 0 Å². The molecule has 10 rings (SSSR count). The van der Waals surface area contributed by atoms with Gasteiger partial charge in [-0.15, -0.1) is 0 Å². The molecule has 2 heterocycles. The van der Waals surface area contributed by atoms with Gasteiger partial charge in [-0.25, -0.2) is 0 Å². The van der Waals surface area contributed by atoms with Crippen molar-refractivity contribution in [2.45, 2.75) is 213 Å². The van der Waals surface area contributed by atoms with E-state index in [2.05, 4.69) is 168 Å². The summed E-state index contributed by atoms with van der Waals surface area (Å²) in [6, 6.07) is 48.8. The SMILES string of the molecule is CCCCCCCCC1(CCCCCCCC)c2cc(C)ccc2-c2ccc(-c3cc(C)cc(OCCCCCC[N+]4=C(C=C5C(=O)C(C=C6N(CCCCCCOc7ccccc7)c7ccccc7C6(C)C)=C5O)C(C)(C)c5ccccc54)c3)cc21. The molecule has 0 radical (unpaired) electrons. The first-order valence-corrected chi connectivity index (χ1v) is 34.0. The molecule has 4 aliphatic rings. The molecule has 0 unspecified atom stereocenters. The van der Waals surface area contributed by atoms with Crippen molar-refractivity contribution in [2.24, 2.45) is 0 Å². The first-order valence-electron chi connectivity index (χ1n) is 34.0. The largest absolute Gasteiger partial charge is 0.506 e. The van der Waals surface area contributed by atoms with E-state index in [4.69, 9.17) is 9.47 Å². The molecule has 458 valence electrons. The molecule has 6 aromatic rings. The number of anilines is 1. The molecule has 0 atom stereocenters. The number of carbonyl (C=O) groups is 1. The number of aliphatic hydroxyl groups excluding tert-OH is 1. The summed E-state index contributed by atoms with van der Waals surface area (Å²) in [6.07, 6.45) is 30.5. The molecule has 0 saturated carbocycles. The number of allylic oxidation sites excluding steroid dienone is 5. The predicted molar refractivity (Wildman–Crippen MR) is 365 cm³/mol. The second kappa shape index (κ2) is 28.9. The number of Topliss-reactive ketones (excluding diaryl/α,β-unsaturated/α-hetero) is 1. The van der Waals surface area contributed by atoms with Gasteiger partial charge in [-0.2, -0.15) is 4.58 Å². The van der Waals surface area contributed by atoms with Gasteiger partial charge in [0.2, 0.25) is 11.5 Å². The van der Waals surface area contributed by atoms with Gasteiger partial charge in [0.25, 0.3) is 0 Å². The van der Waals surface area contributed by atoms with Crippen LogP contribution in [0.4, 0.5) is 11.4 Å². The second-order valence-corrected chi connectivity index (χ2v) is 27.0. The van der Waals surface area contributed by atoms with Crippen LogP contribution in [0.5, 0.6) is 11.5 Å². The number of carbonyl (C=O) groups excluding carboxylic acids is 1. The first kappa shape index (κ1) is 63.1. The highest BCUT2D eigenvalue weighted by atomic mass is 16.5. The third kappa shape index (κ3) is 14.0. The van der Waals surface area contributed by atoms with Crippen LogP contribution in [0.3, 0.4) is 0 Å². The Hall–Kier alpha value is -6.92. The molecule has 87 heavy (non-hydrogen) atoms. The molecule has 0 saturated heterocycles. The van der Waals surface area contributed by atoms with Crippen molar-refractivity contribution in [2.75, 3.05) is 31.2 Å². The Balaban J connectivity index is 0.789. The summed E-state index contributed by atoms with van der Waals surface area (Å²) in [7, 11) is 0. The molecule has 0 spiro atoms. The average molecular weight is 1170 g/mol. The summed E-state index contributed by atoms with van der Waals surface area (Å²) in [4.78, 5) is 16.8. The van der Waals surface area contributed by atoms with E-state index in [9.17, 15) is 9.90 Å². The zero-order valence-electron chi connectivity index (χ0n) is 54.3. The van der Waals surface area contributed by atoms with Gasteiger partial charge >= 0.3 is 0 Å². The van der Waals surface area contributed by atoms with E-state index in [-0.39, 0.29) is 27.8 Å². The van der Waals surface area contributed by atoms with Crippen molar-refractivity contribution in [3.63, 3.8) is 0 Å². The molecular formula is C81H101N2O4+. The van der Waals surface area contributed by atoms with E-state index in [1.54, 1.807) is 11.1 Å². The van der Waals surface area contributed by atoms with Crippen LogP contribution in [0.25, 0.3) is 22.3 Å². The fourth-order valence-electron chi connectivity index (χ4n) is 14.9. The van der Waals surface area contributed by atoms with Crippen molar-refractivity contribution in [1.82, 2.24) is 0 Å². The predicted octanol–water partition coefficient (Wildman–Crippen LogP) is 21.4. The molecule has 0 amide bonds. The van der Waals surface area contributed by atoms with Crippen LogP contribution in [0, 0.1) is 13.8 Å². The second-order valence-electron chi connectivity index (χ2n) is 27.0. The van der Waals surface area contributed by atoms with Crippen LogP contribution in [0.1, 0.15) is 216 Å². The van der Waals surface area contributed by atoms with Crippen molar-refractivity contribution in [3.8, 4) is 33.8 Å². The summed E-state index contributed by atoms with van der Waals surface area (Å²) in [5.41, 5.74) is 18.2. The van der Waals surface area contributed by atoms with Crippen molar-refractivity contribution >= 4 is 22.9 Å². The number of hydrogen-bond acceptors (Lipinski definition) is 5. The number of unbranched alkanes of at least 4 members (excludes halogenated alkanes) is 16. The first-order chi connectivity index (χ1) is 42.3. The highest BCUT2D eigenvalue weighted by molar-refractivity contribution is 6.24. The van der Waals surface area contributed by atoms with Gasteiger partial charge in [-0.3, -0.25) is 4.79 Å². The van der Waals surface area contributed by atoms with Gasteiger partial charge in [0, 0.05) is 52.9 Å². The maximum Gasteiger partial charge on any atom is 0.209 e. The van der Waals surface area contributed by atoms with Gasteiger partial charge in [-0.05, 0) is 160 Å². The minimum absolute atomic E-state index is 0.0416. The highest BCUT2D eigenvalue weighted by Crippen LogP contribution is 2.56. The number of hydrogen-bond donors (Lipinski definition) is 1. The summed E-state index contributed by atoms with van der Waals surface area (Å²) >= 11 is 0. The number of rotatable bonds is 33. The zero-order chi connectivity index (χ0) is 61.0. The van der Waals surface area contributed by atoms with E-state index in [0.29, 0.717) is 24.4 Å². The van der Waals surface area contributed by atoms with Gasteiger partial charge in [0.05, 0.1) is 29.8 Å². The molecule has 1 N–H and O–H groups in total. The Labute approximate surface area is 523 Å². The third-order valence-electron chi connectivity index (χ3n) is 19.8. The maximum absolute atomic E-state index is 14.4. The summed E-state index contributed by atoms with van der Waals surface area (Å²) in [5, 5.41) is 11.9. The molecule has 2 aliphatic carbocycles. The number of benzene rings is 6. The van der Waals surface area contributed by atoms with Crippen LogP contribution < -0.4 is 14.4 Å². The molecule has 0 fully saturated rings. The minimum Gasteiger partial charge on any atom is -0.506 e.